The van der Waals surface area contributed by atoms with Crippen LogP contribution in [0.4, 0.5) is 0 Å². The SMILES string of the molecule is Cc1cc(C(N)=O)nn1-c1ccc2c(c1)c(CCCO[Si](C)(C)C(C)(C)C)cn2Cc1ccc(-c2ccc(S(C)(=O)=O)cc2)cc1. The van der Waals surface area contributed by atoms with Crippen LogP contribution in [0.3, 0.4) is 0 Å². The summed E-state index contributed by atoms with van der Waals surface area (Å²) in [5.41, 5.74) is 13.0. The molecule has 2 aromatic heterocycles. The molecule has 0 unspecified atom stereocenters. The van der Waals surface area contributed by atoms with Gasteiger partial charge in [-0.3, -0.25) is 4.79 Å². The van der Waals surface area contributed by atoms with Gasteiger partial charge in [0.1, 0.15) is 0 Å². The number of sulfone groups is 1. The first-order valence-corrected chi connectivity index (χ1v) is 20.4. The summed E-state index contributed by atoms with van der Waals surface area (Å²) in [6.45, 7) is 14.7. The van der Waals surface area contributed by atoms with Crippen molar-refractivity contribution in [3.8, 4) is 16.8 Å². The van der Waals surface area contributed by atoms with E-state index in [1.165, 1.54) is 11.8 Å². The van der Waals surface area contributed by atoms with E-state index in [2.05, 4.69) is 86.1 Å². The van der Waals surface area contributed by atoms with E-state index < -0.39 is 24.1 Å². The Morgan fingerprint density at radius 3 is 2.15 bits per heavy atom. The van der Waals surface area contributed by atoms with Crippen LogP contribution < -0.4 is 5.73 Å². The molecule has 46 heavy (non-hydrogen) atoms. The number of rotatable bonds is 11. The van der Waals surface area contributed by atoms with Crippen LogP contribution in [-0.4, -0.2) is 49.9 Å². The summed E-state index contributed by atoms with van der Waals surface area (Å²) in [7, 11) is -5.06. The van der Waals surface area contributed by atoms with Gasteiger partial charge >= 0.3 is 0 Å². The topological polar surface area (TPSA) is 109 Å². The van der Waals surface area contributed by atoms with Gasteiger partial charge in [0, 0.05) is 42.2 Å². The highest BCUT2D eigenvalue weighted by molar-refractivity contribution is 7.90. The van der Waals surface area contributed by atoms with Crippen molar-refractivity contribution < 1.29 is 17.6 Å². The molecule has 0 saturated heterocycles. The number of nitrogens with two attached hydrogens (primary N) is 1. The van der Waals surface area contributed by atoms with Crippen molar-refractivity contribution in [2.24, 2.45) is 5.73 Å². The quantitative estimate of drug-likeness (QED) is 0.118. The summed E-state index contributed by atoms with van der Waals surface area (Å²) in [6.07, 6.45) is 5.24. The van der Waals surface area contributed by atoms with Crippen LogP contribution in [0.25, 0.3) is 27.7 Å². The third kappa shape index (κ3) is 7.19. The Kier molecular flexibility index (Phi) is 9.18. The Balaban J connectivity index is 1.43. The third-order valence-corrected chi connectivity index (χ3v) is 14.8. The monoisotopic (exact) mass is 656 g/mol. The molecule has 10 heteroatoms. The van der Waals surface area contributed by atoms with Crippen LogP contribution >= 0.6 is 0 Å². The maximum absolute atomic E-state index is 11.8. The number of hydrogen-bond donors (Lipinski definition) is 1. The molecule has 0 aliphatic rings. The number of carbonyl (C=O) groups excluding carboxylic acids is 1. The second kappa shape index (κ2) is 12.7. The van der Waals surface area contributed by atoms with Crippen molar-refractivity contribution >= 4 is 35.0 Å². The predicted molar refractivity (Wildman–Crippen MR) is 188 cm³/mol. The number of carbonyl (C=O) groups is 1. The first-order valence-electron chi connectivity index (χ1n) is 15.6. The molecule has 0 fully saturated rings. The molecular weight excluding hydrogens is 613 g/mol. The minimum absolute atomic E-state index is 0.165. The number of aryl methyl sites for hydroxylation is 2. The zero-order valence-corrected chi connectivity index (χ0v) is 29.6. The molecule has 5 rings (SSSR count). The third-order valence-electron chi connectivity index (χ3n) is 9.11. The standard InChI is InChI=1S/C36H44N4O4SSi/c1-25-21-33(35(37)41)38-40(25)30-16-19-34-32(22-30)29(9-8-20-44-46(6,7)36(2,3)4)24-39(34)23-26-10-12-27(13-11-26)28-14-17-31(18-15-28)45(5,42)43/h10-19,21-22,24H,8-9,20,23H2,1-7H3,(H2,37,41). The van der Waals surface area contributed by atoms with Crippen LogP contribution in [0, 0.1) is 6.92 Å². The average molecular weight is 657 g/mol. The fraction of sp³-hybridized carbons (Fsp3) is 0.333. The van der Waals surface area contributed by atoms with Gasteiger partial charge in [0.15, 0.2) is 23.8 Å². The Morgan fingerprint density at radius 2 is 1.59 bits per heavy atom. The number of hydrogen-bond acceptors (Lipinski definition) is 5. The van der Waals surface area contributed by atoms with Gasteiger partial charge in [-0.2, -0.15) is 5.10 Å². The Labute approximate surface area is 273 Å². The van der Waals surface area contributed by atoms with Gasteiger partial charge in [0.25, 0.3) is 5.91 Å². The summed E-state index contributed by atoms with van der Waals surface area (Å²) in [5.74, 6) is -0.548. The lowest BCUT2D eigenvalue weighted by Gasteiger charge is -2.36. The van der Waals surface area contributed by atoms with E-state index in [1.807, 2.05) is 25.1 Å². The van der Waals surface area contributed by atoms with E-state index in [0.29, 0.717) is 11.4 Å². The van der Waals surface area contributed by atoms with E-state index >= 15 is 0 Å². The lowest BCUT2D eigenvalue weighted by atomic mass is 10.0. The van der Waals surface area contributed by atoms with E-state index in [0.717, 1.165) is 58.4 Å². The average Bonchev–Trinajstić information content (AvgIpc) is 3.54. The summed E-state index contributed by atoms with van der Waals surface area (Å²) in [4.78, 5) is 12.1. The normalized spacial score (nSPS) is 12.6. The van der Waals surface area contributed by atoms with Gasteiger partial charge in [-0.25, -0.2) is 13.1 Å². The fourth-order valence-corrected chi connectivity index (χ4v) is 7.10. The molecule has 1 amide bonds. The zero-order valence-electron chi connectivity index (χ0n) is 27.8. The number of primary amides is 1. The van der Waals surface area contributed by atoms with Gasteiger partial charge < -0.3 is 14.7 Å². The molecule has 0 spiro atoms. The molecule has 242 valence electrons. The van der Waals surface area contributed by atoms with Crippen molar-refractivity contribution in [1.82, 2.24) is 14.3 Å². The second-order valence-corrected chi connectivity index (χ2v) is 20.5. The molecule has 0 radical (unpaired) electrons. The Morgan fingerprint density at radius 1 is 0.957 bits per heavy atom. The molecular formula is C36H44N4O4SSi. The summed E-state index contributed by atoms with van der Waals surface area (Å²) in [6, 6.07) is 23.4. The number of benzene rings is 3. The van der Waals surface area contributed by atoms with Crippen molar-refractivity contribution in [2.75, 3.05) is 12.9 Å². The van der Waals surface area contributed by atoms with Crippen LogP contribution in [0.15, 0.2) is 83.9 Å². The zero-order chi connectivity index (χ0) is 33.4. The minimum atomic E-state index is -3.23. The lowest BCUT2D eigenvalue weighted by molar-refractivity contribution is 0.0995. The van der Waals surface area contributed by atoms with Gasteiger partial charge in [-0.05, 0) is 96.5 Å². The largest absolute Gasteiger partial charge is 0.417 e. The van der Waals surface area contributed by atoms with Crippen LogP contribution in [0.2, 0.25) is 18.1 Å². The highest BCUT2D eigenvalue weighted by Crippen LogP contribution is 2.37. The lowest BCUT2D eigenvalue weighted by Crippen LogP contribution is -2.41. The number of fused-ring (bicyclic) bond motifs is 1. The highest BCUT2D eigenvalue weighted by Gasteiger charge is 2.36. The molecule has 2 heterocycles. The molecule has 0 atom stereocenters. The van der Waals surface area contributed by atoms with E-state index in [1.54, 1.807) is 22.9 Å². The first kappa shape index (κ1) is 33.4. The summed E-state index contributed by atoms with van der Waals surface area (Å²) >= 11 is 0. The van der Waals surface area contributed by atoms with Gasteiger partial charge in [-0.1, -0.05) is 57.2 Å². The van der Waals surface area contributed by atoms with Crippen LogP contribution in [0.5, 0.6) is 0 Å². The van der Waals surface area contributed by atoms with Crippen molar-refractivity contribution in [3.63, 3.8) is 0 Å². The molecule has 0 bridgehead atoms. The molecule has 3 aromatic carbocycles. The Bertz CT molecular complexity index is 1980. The van der Waals surface area contributed by atoms with Crippen molar-refractivity contribution in [3.05, 3.63) is 102 Å². The van der Waals surface area contributed by atoms with Crippen LogP contribution in [-0.2, 0) is 27.2 Å². The number of nitrogens with zero attached hydrogens (tertiary/aromatic N) is 3. The molecule has 0 saturated carbocycles. The second-order valence-electron chi connectivity index (χ2n) is 13.6. The highest BCUT2D eigenvalue weighted by atomic mass is 32.2. The maximum atomic E-state index is 11.8. The summed E-state index contributed by atoms with van der Waals surface area (Å²) in [5, 5.41) is 5.76. The van der Waals surface area contributed by atoms with Crippen molar-refractivity contribution in [1.29, 1.82) is 0 Å². The van der Waals surface area contributed by atoms with E-state index in [4.69, 9.17) is 10.2 Å². The maximum Gasteiger partial charge on any atom is 0.269 e. The van der Waals surface area contributed by atoms with Gasteiger partial charge in [-0.15, -0.1) is 0 Å². The first-order chi connectivity index (χ1) is 21.5. The molecule has 8 nitrogen and oxygen atoms in total. The predicted octanol–water partition coefficient (Wildman–Crippen LogP) is 7.31. The van der Waals surface area contributed by atoms with Crippen molar-refractivity contribution in [2.45, 2.75) is 70.1 Å². The molecule has 0 aliphatic carbocycles. The van der Waals surface area contributed by atoms with E-state index in [-0.39, 0.29) is 10.7 Å². The molecule has 5 aromatic rings. The van der Waals surface area contributed by atoms with E-state index in [9.17, 15) is 13.2 Å². The van der Waals surface area contributed by atoms with Gasteiger partial charge in [0.2, 0.25) is 0 Å². The minimum Gasteiger partial charge on any atom is -0.417 e. The number of amides is 1. The smallest absolute Gasteiger partial charge is 0.269 e. The summed E-state index contributed by atoms with van der Waals surface area (Å²) < 4.78 is 34.2. The molecule has 0 aliphatic heterocycles. The van der Waals surface area contributed by atoms with Gasteiger partial charge in [0.05, 0.1) is 10.6 Å². The number of aromatic nitrogens is 3. The fourth-order valence-electron chi connectivity index (χ4n) is 5.38. The molecule has 2 N–H and O–H groups in total. The van der Waals surface area contributed by atoms with Crippen LogP contribution in [0.1, 0.15) is 54.5 Å². The Hall–Kier alpha value is -3.99.